The highest BCUT2D eigenvalue weighted by Crippen LogP contribution is 2.16. The summed E-state index contributed by atoms with van der Waals surface area (Å²) in [6.07, 6.45) is 2.16. The van der Waals surface area contributed by atoms with E-state index in [1.54, 1.807) is 4.90 Å². The summed E-state index contributed by atoms with van der Waals surface area (Å²) in [6.45, 7) is 1.45. The van der Waals surface area contributed by atoms with E-state index < -0.39 is 11.9 Å². The van der Waals surface area contributed by atoms with Crippen LogP contribution in [0, 0.1) is 5.92 Å². The lowest BCUT2D eigenvalue weighted by Crippen LogP contribution is -2.43. The van der Waals surface area contributed by atoms with E-state index in [0.29, 0.717) is 26.1 Å². The molecule has 1 fully saturated rings. The highest BCUT2D eigenvalue weighted by atomic mass is 16.5. The molecule has 1 aliphatic heterocycles. The van der Waals surface area contributed by atoms with E-state index in [1.165, 1.54) is 5.56 Å². The minimum Gasteiger partial charge on any atom is -0.481 e. The molecule has 1 atom stereocenters. The first-order chi connectivity index (χ1) is 10.2. The molecular weight excluding hydrogens is 270 g/mol. The Morgan fingerprint density at radius 1 is 1.29 bits per heavy atom. The monoisotopic (exact) mass is 291 g/mol. The number of likely N-dealkylation sites (tertiary alicyclic amines) is 1. The van der Waals surface area contributed by atoms with Crippen molar-refractivity contribution in [2.24, 2.45) is 5.92 Å². The van der Waals surface area contributed by atoms with Gasteiger partial charge in [-0.1, -0.05) is 30.3 Å². The van der Waals surface area contributed by atoms with E-state index in [2.05, 4.69) is 0 Å². The van der Waals surface area contributed by atoms with Crippen LogP contribution in [-0.2, 0) is 20.7 Å². The first-order valence-corrected chi connectivity index (χ1v) is 7.29. The maximum atomic E-state index is 12.0. The van der Waals surface area contributed by atoms with Crippen LogP contribution in [0.5, 0.6) is 0 Å². The zero-order chi connectivity index (χ0) is 15.1. The lowest BCUT2D eigenvalue weighted by atomic mass is 9.98. The number of nitrogens with zero attached hydrogens (tertiary/aromatic N) is 1. The van der Waals surface area contributed by atoms with Gasteiger partial charge < -0.3 is 14.7 Å². The van der Waals surface area contributed by atoms with Gasteiger partial charge >= 0.3 is 5.97 Å². The minimum atomic E-state index is -0.822. The number of benzene rings is 1. The number of hydrogen-bond acceptors (Lipinski definition) is 3. The standard InChI is InChI=1S/C16H21NO4/c18-15(17-9-4-7-14(11-17)16(19)20)12-21-10-8-13-5-2-1-3-6-13/h1-3,5-6,14H,4,7-12H2,(H,19,20). The molecule has 0 bridgehead atoms. The molecule has 21 heavy (non-hydrogen) atoms. The van der Waals surface area contributed by atoms with Crippen LogP contribution in [-0.4, -0.2) is 48.2 Å². The van der Waals surface area contributed by atoms with Gasteiger partial charge in [-0.15, -0.1) is 0 Å². The molecule has 1 heterocycles. The Morgan fingerprint density at radius 3 is 2.76 bits per heavy atom. The van der Waals surface area contributed by atoms with Gasteiger partial charge in [-0.2, -0.15) is 0 Å². The summed E-state index contributed by atoms with van der Waals surface area (Å²) in [6, 6.07) is 9.95. The summed E-state index contributed by atoms with van der Waals surface area (Å²) < 4.78 is 5.41. The van der Waals surface area contributed by atoms with Crippen LogP contribution < -0.4 is 0 Å². The predicted molar refractivity (Wildman–Crippen MR) is 77.9 cm³/mol. The number of ether oxygens (including phenoxy) is 1. The fourth-order valence-electron chi connectivity index (χ4n) is 2.49. The second kappa shape index (κ2) is 7.78. The lowest BCUT2D eigenvalue weighted by Gasteiger charge is -2.30. The molecule has 5 nitrogen and oxygen atoms in total. The van der Waals surface area contributed by atoms with Crippen molar-refractivity contribution >= 4 is 11.9 Å². The van der Waals surface area contributed by atoms with Crippen molar-refractivity contribution in [3.05, 3.63) is 35.9 Å². The van der Waals surface area contributed by atoms with E-state index >= 15 is 0 Å². The Kier molecular flexibility index (Phi) is 5.75. The average molecular weight is 291 g/mol. The number of carboxylic acid groups (broad SMARTS) is 1. The molecular formula is C16H21NO4. The number of hydrogen-bond donors (Lipinski definition) is 1. The maximum Gasteiger partial charge on any atom is 0.308 e. The second-order valence-corrected chi connectivity index (χ2v) is 5.31. The van der Waals surface area contributed by atoms with Crippen molar-refractivity contribution in [2.45, 2.75) is 19.3 Å². The normalized spacial score (nSPS) is 18.5. The average Bonchev–Trinajstić information content (AvgIpc) is 2.52. The van der Waals surface area contributed by atoms with Gasteiger partial charge in [0.05, 0.1) is 12.5 Å². The van der Waals surface area contributed by atoms with E-state index in [9.17, 15) is 9.59 Å². The second-order valence-electron chi connectivity index (χ2n) is 5.31. The molecule has 0 aromatic heterocycles. The van der Waals surface area contributed by atoms with Gasteiger partial charge in [-0.25, -0.2) is 0 Å². The number of carbonyl (C=O) groups is 2. The van der Waals surface area contributed by atoms with Crippen LogP contribution in [0.4, 0.5) is 0 Å². The van der Waals surface area contributed by atoms with Crippen molar-refractivity contribution in [1.29, 1.82) is 0 Å². The van der Waals surface area contributed by atoms with Crippen LogP contribution in [0.3, 0.4) is 0 Å². The largest absolute Gasteiger partial charge is 0.481 e. The summed E-state index contributed by atoms with van der Waals surface area (Å²) in [5, 5.41) is 9.01. The van der Waals surface area contributed by atoms with Crippen LogP contribution in [0.25, 0.3) is 0 Å². The molecule has 1 amide bonds. The molecule has 5 heteroatoms. The van der Waals surface area contributed by atoms with Gasteiger partial charge in [0.1, 0.15) is 6.61 Å². The molecule has 0 radical (unpaired) electrons. The van der Waals surface area contributed by atoms with Gasteiger partial charge in [0.25, 0.3) is 0 Å². The molecule has 114 valence electrons. The zero-order valence-electron chi connectivity index (χ0n) is 12.0. The Labute approximate surface area is 124 Å². The summed E-state index contributed by atoms with van der Waals surface area (Å²) in [5.74, 6) is -1.38. The Balaban J connectivity index is 1.68. The summed E-state index contributed by atoms with van der Waals surface area (Å²) in [4.78, 5) is 24.6. The van der Waals surface area contributed by atoms with Crippen molar-refractivity contribution in [1.82, 2.24) is 4.90 Å². The topological polar surface area (TPSA) is 66.8 Å². The number of carboxylic acids is 1. The van der Waals surface area contributed by atoms with E-state index in [4.69, 9.17) is 9.84 Å². The van der Waals surface area contributed by atoms with Crippen molar-refractivity contribution in [3.8, 4) is 0 Å². The van der Waals surface area contributed by atoms with Gasteiger partial charge in [0, 0.05) is 13.1 Å². The first kappa shape index (κ1) is 15.5. The van der Waals surface area contributed by atoms with E-state index in [0.717, 1.165) is 12.8 Å². The highest BCUT2D eigenvalue weighted by molar-refractivity contribution is 5.79. The van der Waals surface area contributed by atoms with Crippen LogP contribution in [0.2, 0.25) is 0 Å². The Bertz CT molecular complexity index is 474. The van der Waals surface area contributed by atoms with Crippen molar-refractivity contribution in [2.75, 3.05) is 26.3 Å². The molecule has 0 aliphatic carbocycles. The van der Waals surface area contributed by atoms with Gasteiger partial charge in [-0.05, 0) is 24.8 Å². The van der Waals surface area contributed by atoms with Crippen LogP contribution in [0.15, 0.2) is 30.3 Å². The zero-order valence-corrected chi connectivity index (χ0v) is 12.0. The molecule has 1 unspecified atom stereocenters. The summed E-state index contributed by atoms with van der Waals surface area (Å²) >= 11 is 0. The van der Waals surface area contributed by atoms with Gasteiger partial charge in [0.2, 0.25) is 5.91 Å². The highest BCUT2D eigenvalue weighted by Gasteiger charge is 2.27. The fraction of sp³-hybridized carbons (Fsp3) is 0.500. The third-order valence-corrected chi connectivity index (χ3v) is 3.73. The maximum absolute atomic E-state index is 12.0. The molecule has 1 N–H and O–H groups in total. The quantitative estimate of drug-likeness (QED) is 0.808. The smallest absolute Gasteiger partial charge is 0.308 e. The Hall–Kier alpha value is -1.88. The lowest BCUT2D eigenvalue weighted by molar-refractivity contribution is -0.147. The van der Waals surface area contributed by atoms with Crippen molar-refractivity contribution < 1.29 is 19.4 Å². The van der Waals surface area contributed by atoms with Crippen molar-refractivity contribution in [3.63, 3.8) is 0 Å². The SMILES string of the molecule is O=C(O)C1CCCN(C(=O)COCCc2ccccc2)C1. The number of rotatable bonds is 6. The number of amides is 1. The van der Waals surface area contributed by atoms with E-state index in [1.807, 2.05) is 30.3 Å². The van der Waals surface area contributed by atoms with Gasteiger partial charge in [0.15, 0.2) is 0 Å². The number of carbonyl (C=O) groups excluding carboxylic acids is 1. The molecule has 1 saturated heterocycles. The molecule has 2 rings (SSSR count). The predicted octanol–water partition coefficient (Wildman–Crippen LogP) is 1.57. The Morgan fingerprint density at radius 2 is 2.05 bits per heavy atom. The summed E-state index contributed by atoms with van der Waals surface area (Å²) in [7, 11) is 0. The molecule has 0 saturated carbocycles. The van der Waals surface area contributed by atoms with Gasteiger partial charge in [-0.3, -0.25) is 9.59 Å². The first-order valence-electron chi connectivity index (χ1n) is 7.29. The fourth-order valence-corrected chi connectivity index (χ4v) is 2.49. The molecule has 1 aliphatic rings. The number of aliphatic carboxylic acids is 1. The van der Waals surface area contributed by atoms with Crippen LogP contribution >= 0.6 is 0 Å². The number of piperidine rings is 1. The third kappa shape index (κ3) is 4.86. The third-order valence-electron chi connectivity index (χ3n) is 3.73. The van der Waals surface area contributed by atoms with Crippen LogP contribution in [0.1, 0.15) is 18.4 Å². The van der Waals surface area contributed by atoms with E-state index in [-0.39, 0.29) is 12.5 Å². The minimum absolute atomic E-state index is 0.0270. The summed E-state index contributed by atoms with van der Waals surface area (Å²) in [5.41, 5.74) is 1.17. The molecule has 1 aromatic carbocycles. The molecule has 0 spiro atoms. The molecule has 1 aromatic rings.